The molecule has 16 heavy (non-hydrogen) atoms. The Morgan fingerprint density at radius 1 is 1.56 bits per heavy atom. The molecule has 1 atom stereocenters. The number of hydrogen-bond donors (Lipinski definition) is 2. The third-order valence-electron chi connectivity index (χ3n) is 3.55. The standard InChI is InChI=1S/C13H20N2O/c1-9-6-11(12(14)15-8-9)13(2,16)7-10-4-3-5-10/h6,8,10,16H,3-5,7H2,1-2H3,(H2,14,15). The zero-order valence-electron chi connectivity index (χ0n) is 10.0. The molecule has 1 aromatic heterocycles. The molecule has 1 aromatic rings. The largest absolute Gasteiger partial charge is 0.385 e. The van der Waals surface area contributed by atoms with Gasteiger partial charge in [-0.3, -0.25) is 0 Å². The zero-order valence-corrected chi connectivity index (χ0v) is 10.0. The molecule has 1 saturated carbocycles. The fourth-order valence-electron chi connectivity index (χ4n) is 2.38. The molecular formula is C13H20N2O. The summed E-state index contributed by atoms with van der Waals surface area (Å²) in [4.78, 5) is 4.11. The van der Waals surface area contributed by atoms with E-state index in [0.29, 0.717) is 11.7 Å². The number of aryl methyl sites for hydroxylation is 1. The van der Waals surface area contributed by atoms with Crippen LogP contribution in [0.4, 0.5) is 5.82 Å². The second-order valence-corrected chi connectivity index (χ2v) is 5.22. The molecule has 3 N–H and O–H groups in total. The van der Waals surface area contributed by atoms with E-state index in [-0.39, 0.29) is 0 Å². The first-order chi connectivity index (χ1) is 7.49. The molecule has 1 unspecified atom stereocenters. The van der Waals surface area contributed by atoms with Gasteiger partial charge in [0.2, 0.25) is 0 Å². The molecule has 1 heterocycles. The van der Waals surface area contributed by atoms with Crippen LogP contribution in [0.1, 0.15) is 43.7 Å². The lowest BCUT2D eigenvalue weighted by Crippen LogP contribution is -2.29. The van der Waals surface area contributed by atoms with Gasteiger partial charge in [-0.1, -0.05) is 19.3 Å². The van der Waals surface area contributed by atoms with Crippen molar-refractivity contribution in [1.82, 2.24) is 4.98 Å². The topological polar surface area (TPSA) is 59.1 Å². The summed E-state index contributed by atoms with van der Waals surface area (Å²) in [6, 6.07) is 1.95. The zero-order chi connectivity index (χ0) is 11.8. The molecule has 0 bridgehead atoms. The summed E-state index contributed by atoms with van der Waals surface area (Å²) in [6.45, 7) is 3.81. The van der Waals surface area contributed by atoms with Gasteiger partial charge in [-0.15, -0.1) is 0 Å². The summed E-state index contributed by atoms with van der Waals surface area (Å²) < 4.78 is 0. The predicted molar refractivity (Wildman–Crippen MR) is 64.9 cm³/mol. The van der Waals surface area contributed by atoms with E-state index in [1.54, 1.807) is 6.20 Å². The van der Waals surface area contributed by atoms with Crippen molar-refractivity contribution in [2.75, 3.05) is 5.73 Å². The first kappa shape index (κ1) is 11.4. The van der Waals surface area contributed by atoms with Crippen LogP contribution in [-0.4, -0.2) is 10.1 Å². The Bertz CT molecular complexity index is 384. The molecule has 3 nitrogen and oxygen atoms in total. The van der Waals surface area contributed by atoms with Crippen LogP contribution in [0.25, 0.3) is 0 Å². The predicted octanol–water partition coefficient (Wildman–Crippen LogP) is 2.37. The van der Waals surface area contributed by atoms with Gasteiger partial charge in [0.25, 0.3) is 0 Å². The van der Waals surface area contributed by atoms with Crippen LogP contribution in [0.2, 0.25) is 0 Å². The van der Waals surface area contributed by atoms with Crippen molar-refractivity contribution < 1.29 is 5.11 Å². The van der Waals surface area contributed by atoms with Gasteiger partial charge in [0.1, 0.15) is 5.82 Å². The SMILES string of the molecule is Cc1cnc(N)c(C(C)(O)CC2CCC2)c1. The van der Waals surface area contributed by atoms with Crippen molar-refractivity contribution in [2.45, 2.75) is 45.1 Å². The van der Waals surface area contributed by atoms with E-state index >= 15 is 0 Å². The van der Waals surface area contributed by atoms with Gasteiger partial charge in [0.05, 0.1) is 5.60 Å². The Morgan fingerprint density at radius 3 is 2.81 bits per heavy atom. The molecule has 88 valence electrons. The maximum absolute atomic E-state index is 10.5. The normalized spacial score (nSPS) is 20.2. The van der Waals surface area contributed by atoms with Gasteiger partial charge >= 0.3 is 0 Å². The van der Waals surface area contributed by atoms with Gasteiger partial charge in [0, 0.05) is 11.8 Å². The summed E-state index contributed by atoms with van der Waals surface area (Å²) in [5.41, 5.74) is 6.82. The monoisotopic (exact) mass is 220 g/mol. The lowest BCUT2D eigenvalue weighted by Gasteiger charge is -2.34. The highest BCUT2D eigenvalue weighted by Gasteiger charge is 2.32. The molecule has 0 spiro atoms. The van der Waals surface area contributed by atoms with Crippen molar-refractivity contribution in [3.63, 3.8) is 0 Å². The van der Waals surface area contributed by atoms with Gasteiger partial charge < -0.3 is 10.8 Å². The van der Waals surface area contributed by atoms with E-state index in [0.717, 1.165) is 17.5 Å². The molecule has 0 amide bonds. The van der Waals surface area contributed by atoms with Crippen LogP contribution in [-0.2, 0) is 5.60 Å². The second kappa shape index (κ2) is 4.06. The van der Waals surface area contributed by atoms with E-state index < -0.39 is 5.60 Å². The lowest BCUT2D eigenvalue weighted by atomic mass is 9.76. The van der Waals surface area contributed by atoms with Crippen LogP contribution in [0.3, 0.4) is 0 Å². The fourth-order valence-corrected chi connectivity index (χ4v) is 2.38. The van der Waals surface area contributed by atoms with Crippen molar-refractivity contribution in [2.24, 2.45) is 5.92 Å². The molecule has 2 rings (SSSR count). The third-order valence-corrected chi connectivity index (χ3v) is 3.55. The first-order valence-electron chi connectivity index (χ1n) is 5.94. The Kier molecular flexibility index (Phi) is 2.89. The highest BCUT2D eigenvalue weighted by atomic mass is 16.3. The van der Waals surface area contributed by atoms with E-state index in [4.69, 9.17) is 5.73 Å². The van der Waals surface area contributed by atoms with Crippen LogP contribution in [0, 0.1) is 12.8 Å². The third kappa shape index (κ3) is 2.19. The minimum absolute atomic E-state index is 0.454. The van der Waals surface area contributed by atoms with Crippen molar-refractivity contribution in [3.8, 4) is 0 Å². The number of nitrogen functional groups attached to an aromatic ring is 1. The number of aromatic nitrogens is 1. The van der Waals surface area contributed by atoms with E-state index in [2.05, 4.69) is 4.98 Å². The molecule has 0 saturated heterocycles. The number of pyridine rings is 1. The number of nitrogens with zero attached hydrogens (tertiary/aromatic N) is 1. The Morgan fingerprint density at radius 2 is 2.25 bits per heavy atom. The minimum atomic E-state index is -0.839. The van der Waals surface area contributed by atoms with Gasteiger partial charge in [-0.25, -0.2) is 4.98 Å². The number of nitrogens with two attached hydrogens (primary N) is 1. The number of rotatable bonds is 3. The highest BCUT2D eigenvalue weighted by Crippen LogP contribution is 2.39. The summed E-state index contributed by atoms with van der Waals surface area (Å²) in [7, 11) is 0. The number of aliphatic hydroxyl groups is 1. The highest BCUT2D eigenvalue weighted by molar-refractivity contribution is 5.44. The molecule has 1 aliphatic rings. The van der Waals surface area contributed by atoms with E-state index in [1.807, 2.05) is 19.9 Å². The number of hydrogen-bond acceptors (Lipinski definition) is 3. The average molecular weight is 220 g/mol. The van der Waals surface area contributed by atoms with Gasteiger partial charge in [-0.2, -0.15) is 0 Å². The Hall–Kier alpha value is -1.09. The molecular weight excluding hydrogens is 200 g/mol. The maximum atomic E-state index is 10.5. The van der Waals surface area contributed by atoms with E-state index in [1.165, 1.54) is 19.3 Å². The molecule has 3 heteroatoms. The lowest BCUT2D eigenvalue weighted by molar-refractivity contribution is 0.0165. The molecule has 1 fully saturated rings. The molecule has 1 aliphatic carbocycles. The van der Waals surface area contributed by atoms with Gasteiger partial charge in [-0.05, 0) is 37.8 Å². The molecule has 0 aliphatic heterocycles. The maximum Gasteiger partial charge on any atom is 0.129 e. The molecule has 0 aromatic carbocycles. The van der Waals surface area contributed by atoms with Crippen molar-refractivity contribution in [3.05, 3.63) is 23.4 Å². The second-order valence-electron chi connectivity index (χ2n) is 5.22. The van der Waals surface area contributed by atoms with E-state index in [9.17, 15) is 5.11 Å². The van der Waals surface area contributed by atoms with Crippen molar-refractivity contribution in [1.29, 1.82) is 0 Å². The fraction of sp³-hybridized carbons (Fsp3) is 0.615. The average Bonchev–Trinajstić information content (AvgIpc) is 2.16. The van der Waals surface area contributed by atoms with Crippen molar-refractivity contribution >= 4 is 5.82 Å². The van der Waals surface area contributed by atoms with Crippen LogP contribution < -0.4 is 5.73 Å². The Balaban J connectivity index is 2.22. The quantitative estimate of drug-likeness (QED) is 0.822. The Labute approximate surface area is 96.7 Å². The molecule has 0 radical (unpaired) electrons. The van der Waals surface area contributed by atoms with Crippen LogP contribution in [0.15, 0.2) is 12.3 Å². The summed E-state index contributed by atoms with van der Waals surface area (Å²) in [5, 5.41) is 10.5. The van der Waals surface area contributed by atoms with Gasteiger partial charge in [0.15, 0.2) is 0 Å². The van der Waals surface area contributed by atoms with Crippen LogP contribution in [0.5, 0.6) is 0 Å². The summed E-state index contributed by atoms with van der Waals surface area (Å²) in [6.07, 6.45) is 6.29. The number of anilines is 1. The first-order valence-corrected chi connectivity index (χ1v) is 5.94. The summed E-state index contributed by atoms with van der Waals surface area (Å²) >= 11 is 0. The van der Waals surface area contributed by atoms with Crippen LogP contribution >= 0.6 is 0 Å². The smallest absolute Gasteiger partial charge is 0.129 e. The summed E-state index contributed by atoms with van der Waals surface area (Å²) in [5.74, 6) is 1.10. The minimum Gasteiger partial charge on any atom is -0.385 e.